The molecule has 0 amide bonds. The van der Waals surface area contributed by atoms with E-state index in [-0.39, 0.29) is 6.04 Å². The highest BCUT2D eigenvalue weighted by Crippen LogP contribution is 2.34. The van der Waals surface area contributed by atoms with Gasteiger partial charge >= 0.3 is 0 Å². The highest BCUT2D eigenvalue weighted by molar-refractivity contribution is 6.30. The minimum atomic E-state index is 0.159. The second-order valence-corrected chi connectivity index (χ2v) is 6.58. The molecule has 0 radical (unpaired) electrons. The molecule has 3 heteroatoms. The normalized spacial score (nSPS) is 16.7. The van der Waals surface area contributed by atoms with Crippen LogP contribution in [-0.4, -0.2) is 18.6 Å². The third kappa shape index (κ3) is 4.12. The summed E-state index contributed by atoms with van der Waals surface area (Å²) in [5.74, 6) is 0.876. The molecule has 0 spiro atoms. The molecule has 0 bridgehead atoms. The predicted octanol–water partition coefficient (Wildman–Crippen LogP) is 3.85. The molecule has 1 aliphatic carbocycles. The lowest BCUT2D eigenvalue weighted by atomic mass is 10.0. The van der Waals surface area contributed by atoms with E-state index in [1.54, 1.807) is 0 Å². The molecule has 0 aromatic heterocycles. The second kappa shape index (κ2) is 6.15. The molecule has 2 N–H and O–H groups in total. The fraction of sp³-hybridized carbons (Fsp3) is 0.625. The van der Waals surface area contributed by atoms with Crippen LogP contribution in [0.25, 0.3) is 0 Å². The van der Waals surface area contributed by atoms with Crippen LogP contribution in [0.5, 0.6) is 0 Å². The summed E-state index contributed by atoms with van der Waals surface area (Å²) >= 11 is 6.14. The third-order valence-corrected chi connectivity index (χ3v) is 3.90. The Kier molecular flexibility index (Phi) is 4.75. The maximum Gasteiger partial charge on any atom is 0.0410 e. The molecule has 1 saturated carbocycles. The molecule has 2 rings (SSSR count). The summed E-state index contributed by atoms with van der Waals surface area (Å²) < 4.78 is 0. The number of nitrogens with two attached hydrogens (primary N) is 1. The van der Waals surface area contributed by atoms with E-state index in [1.807, 2.05) is 13.0 Å². The van der Waals surface area contributed by atoms with E-state index in [0.717, 1.165) is 23.9 Å². The smallest absolute Gasteiger partial charge is 0.0410 e. The molecule has 1 aromatic carbocycles. The summed E-state index contributed by atoms with van der Waals surface area (Å²) in [6.45, 7) is 7.72. The average Bonchev–Trinajstić information content (AvgIpc) is 3.09. The lowest BCUT2D eigenvalue weighted by Gasteiger charge is -2.31. The molecule has 1 unspecified atom stereocenters. The Balaban J connectivity index is 2.28. The Labute approximate surface area is 121 Å². The third-order valence-electron chi connectivity index (χ3n) is 3.67. The van der Waals surface area contributed by atoms with Gasteiger partial charge in [-0.2, -0.15) is 0 Å². The Morgan fingerprint density at radius 1 is 1.32 bits per heavy atom. The first-order valence-electron chi connectivity index (χ1n) is 7.28. The number of anilines is 1. The first kappa shape index (κ1) is 14.7. The van der Waals surface area contributed by atoms with Crippen LogP contribution in [0.4, 0.5) is 5.69 Å². The van der Waals surface area contributed by atoms with Gasteiger partial charge in [0.05, 0.1) is 0 Å². The van der Waals surface area contributed by atoms with Crippen molar-refractivity contribution < 1.29 is 0 Å². The summed E-state index contributed by atoms with van der Waals surface area (Å²) in [6.07, 6.45) is 3.63. The number of hydrogen-bond donors (Lipinski definition) is 1. The van der Waals surface area contributed by atoms with Gasteiger partial charge in [-0.05, 0) is 69.7 Å². The first-order chi connectivity index (χ1) is 8.97. The fourth-order valence-electron chi connectivity index (χ4n) is 2.51. The zero-order valence-electron chi connectivity index (χ0n) is 12.2. The van der Waals surface area contributed by atoms with Crippen LogP contribution in [0.1, 0.15) is 39.2 Å². The van der Waals surface area contributed by atoms with Gasteiger partial charge in [-0.25, -0.2) is 0 Å². The summed E-state index contributed by atoms with van der Waals surface area (Å²) in [5, 5.41) is 0.800. The van der Waals surface area contributed by atoms with Crippen LogP contribution in [0.3, 0.4) is 0 Å². The molecule has 106 valence electrons. The van der Waals surface area contributed by atoms with Crippen molar-refractivity contribution in [3.8, 4) is 0 Å². The van der Waals surface area contributed by atoms with Crippen LogP contribution >= 0.6 is 11.6 Å². The monoisotopic (exact) mass is 280 g/mol. The van der Waals surface area contributed by atoms with Gasteiger partial charge in [0.2, 0.25) is 0 Å². The number of nitrogens with zero attached hydrogens (tertiary/aromatic N) is 1. The molecule has 1 aromatic rings. The van der Waals surface area contributed by atoms with Gasteiger partial charge in [-0.1, -0.05) is 11.6 Å². The van der Waals surface area contributed by atoms with Crippen molar-refractivity contribution >= 4 is 17.3 Å². The van der Waals surface area contributed by atoms with Gasteiger partial charge < -0.3 is 10.6 Å². The quantitative estimate of drug-likeness (QED) is 0.857. The molecule has 2 nitrogen and oxygen atoms in total. The Bertz CT molecular complexity index is 425. The van der Waals surface area contributed by atoms with Gasteiger partial charge in [0.1, 0.15) is 0 Å². The van der Waals surface area contributed by atoms with Crippen molar-refractivity contribution in [2.45, 2.75) is 52.1 Å². The number of benzene rings is 1. The zero-order valence-corrected chi connectivity index (χ0v) is 13.0. The summed E-state index contributed by atoms with van der Waals surface area (Å²) in [4.78, 5) is 2.51. The Hall–Kier alpha value is -0.730. The van der Waals surface area contributed by atoms with E-state index >= 15 is 0 Å². The average molecular weight is 281 g/mol. The van der Waals surface area contributed by atoms with E-state index in [9.17, 15) is 0 Å². The highest BCUT2D eigenvalue weighted by Gasteiger charge is 2.26. The van der Waals surface area contributed by atoms with E-state index < -0.39 is 0 Å². The van der Waals surface area contributed by atoms with E-state index in [4.69, 9.17) is 17.3 Å². The molecule has 1 atom stereocenters. The highest BCUT2D eigenvalue weighted by atomic mass is 35.5. The van der Waals surface area contributed by atoms with Crippen molar-refractivity contribution in [2.24, 2.45) is 11.7 Å². The lowest BCUT2D eigenvalue weighted by molar-refractivity contribution is 0.637. The van der Waals surface area contributed by atoms with E-state index in [1.165, 1.54) is 24.1 Å². The standard InChI is InChI=1S/C16H25ClN2/c1-11(2)19(10-13-4-5-13)16-7-6-15(17)9-14(16)8-12(3)18/h6-7,9,11-13H,4-5,8,10,18H2,1-3H3. The van der Waals surface area contributed by atoms with E-state index in [2.05, 4.69) is 30.9 Å². The Morgan fingerprint density at radius 2 is 2.00 bits per heavy atom. The van der Waals surface area contributed by atoms with Crippen LogP contribution in [0, 0.1) is 5.92 Å². The minimum absolute atomic E-state index is 0.159. The number of rotatable bonds is 6. The molecule has 1 aliphatic rings. The summed E-state index contributed by atoms with van der Waals surface area (Å²) in [5.41, 5.74) is 8.56. The van der Waals surface area contributed by atoms with Crippen LogP contribution in [0.2, 0.25) is 5.02 Å². The van der Waals surface area contributed by atoms with Gasteiger partial charge in [-0.3, -0.25) is 0 Å². The molecule has 0 heterocycles. The first-order valence-corrected chi connectivity index (χ1v) is 7.65. The maximum absolute atomic E-state index is 6.14. The van der Waals surface area contributed by atoms with Gasteiger partial charge in [-0.15, -0.1) is 0 Å². The van der Waals surface area contributed by atoms with Crippen molar-refractivity contribution in [1.29, 1.82) is 0 Å². The van der Waals surface area contributed by atoms with Crippen molar-refractivity contribution in [2.75, 3.05) is 11.4 Å². The predicted molar refractivity (Wildman–Crippen MR) is 84.0 cm³/mol. The topological polar surface area (TPSA) is 29.3 Å². The van der Waals surface area contributed by atoms with Crippen LogP contribution in [0.15, 0.2) is 18.2 Å². The van der Waals surface area contributed by atoms with Crippen LogP contribution in [-0.2, 0) is 6.42 Å². The summed E-state index contributed by atoms with van der Waals surface area (Å²) in [7, 11) is 0. The van der Waals surface area contributed by atoms with Crippen molar-refractivity contribution in [1.82, 2.24) is 0 Å². The second-order valence-electron chi connectivity index (χ2n) is 6.14. The van der Waals surface area contributed by atoms with Crippen LogP contribution < -0.4 is 10.6 Å². The minimum Gasteiger partial charge on any atom is -0.369 e. The van der Waals surface area contributed by atoms with Gasteiger partial charge in [0, 0.05) is 29.3 Å². The number of halogens is 1. The SMILES string of the molecule is CC(N)Cc1cc(Cl)ccc1N(CC1CC1)C(C)C. The molecular weight excluding hydrogens is 256 g/mol. The van der Waals surface area contributed by atoms with Crippen molar-refractivity contribution in [3.05, 3.63) is 28.8 Å². The molecule has 0 saturated heterocycles. The van der Waals surface area contributed by atoms with Crippen molar-refractivity contribution in [3.63, 3.8) is 0 Å². The largest absolute Gasteiger partial charge is 0.369 e. The Morgan fingerprint density at radius 3 is 2.53 bits per heavy atom. The van der Waals surface area contributed by atoms with Gasteiger partial charge in [0.25, 0.3) is 0 Å². The maximum atomic E-state index is 6.14. The van der Waals surface area contributed by atoms with E-state index in [0.29, 0.717) is 6.04 Å². The molecule has 19 heavy (non-hydrogen) atoms. The lowest BCUT2D eigenvalue weighted by Crippen LogP contribution is -2.34. The fourth-order valence-corrected chi connectivity index (χ4v) is 2.71. The summed E-state index contributed by atoms with van der Waals surface area (Å²) in [6, 6.07) is 6.88. The zero-order chi connectivity index (χ0) is 14.0. The number of hydrogen-bond acceptors (Lipinski definition) is 2. The molecule has 1 fully saturated rings. The molecule has 0 aliphatic heterocycles. The van der Waals surface area contributed by atoms with Gasteiger partial charge in [0.15, 0.2) is 0 Å². The molecular formula is C16H25ClN2.